The van der Waals surface area contributed by atoms with Gasteiger partial charge in [-0.05, 0) is 37.2 Å². The Morgan fingerprint density at radius 3 is 2.23 bits per heavy atom. The molecule has 0 fully saturated rings. The number of hydrogen-bond donors (Lipinski definition) is 2. The van der Waals surface area contributed by atoms with Crippen molar-refractivity contribution in [3.8, 4) is 0 Å². The Hall–Kier alpha value is -2.13. The van der Waals surface area contributed by atoms with Gasteiger partial charge in [0.05, 0.1) is 6.04 Å². The van der Waals surface area contributed by atoms with Crippen molar-refractivity contribution in [2.75, 3.05) is 6.54 Å². The summed E-state index contributed by atoms with van der Waals surface area (Å²) in [5, 5.41) is 7.22. The molecule has 2 N–H and O–H groups in total. The minimum atomic E-state index is 0.0342. The van der Waals surface area contributed by atoms with Gasteiger partial charge in [0.2, 0.25) is 0 Å². The third kappa shape index (κ3) is 4.71. The zero-order valence-electron chi connectivity index (χ0n) is 13.1. The lowest BCUT2D eigenvalue weighted by atomic mass is 9.98. The molecule has 0 heterocycles. The zero-order valence-corrected chi connectivity index (χ0v) is 13.9. The fourth-order valence-corrected chi connectivity index (χ4v) is 2.37. The van der Waals surface area contributed by atoms with Crippen LogP contribution in [0.2, 0.25) is 0 Å². The summed E-state index contributed by atoms with van der Waals surface area (Å²) >= 11 is 5.41. The summed E-state index contributed by atoms with van der Waals surface area (Å²) < 4.78 is 0. The fourth-order valence-electron chi connectivity index (χ4n) is 2.18. The lowest BCUT2D eigenvalue weighted by molar-refractivity contribution is 0.744. The van der Waals surface area contributed by atoms with Crippen LogP contribution in [0.1, 0.15) is 29.7 Å². The predicted molar refractivity (Wildman–Crippen MR) is 98.0 cm³/mol. The monoisotopic (exact) mass is 310 g/mol. The normalized spacial score (nSPS) is 11.5. The van der Waals surface area contributed by atoms with Crippen LogP contribution in [0.3, 0.4) is 0 Å². The van der Waals surface area contributed by atoms with Crippen molar-refractivity contribution in [1.29, 1.82) is 0 Å². The molecule has 114 valence electrons. The van der Waals surface area contributed by atoms with Crippen molar-refractivity contribution in [3.63, 3.8) is 0 Å². The second-order valence-electron chi connectivity index (χ2n) is 5.54. The maximum Gasteiger partial charge on any atom is 0.167 e. The number of hydrogen-bond acceptors (Lipinski definition) is 1. The standard InChI is InChI=1S/C19H22N2S/c1-14(2)13-20-19(22)21-18(16-7-5-4-6-8-16)17-11-9-15(3)10-12-17/h4-12,18H,1,13H2,2-3H3,(H2,20,21,22)/t18-/m1/s1. The molecule has 2 rings (SSSR count). The van der Waals surface area contributed by atoms with Crippen LogP contribution in [0, 0.1) is 6.92 Å². The molecular weight excluding hydrogens is 288 g/mol. The van der Waals surface area contributed by atoms with Gasteiger partial charge in [-0.1, -0.05) is 72.3 Å². The van der Waals surface area contributed by atoms with E-state index in [9.17, 15) is 0 Å². The molecule has 0 radical (unpaired) electrons. The van der Waals surface area contributed by atoms with Gasteiger partial charge in [-0.25, -0.2) is 0 Å². The maximum atomic E-state index is 5.41. The fraction of sp³-hybridized carbons (Fsp3) is 0.211. The number of thiocarbonyl (C=S) groups is 1. The Bertz CT molecular complexity index is 632. The molecule has 2 aromatic carbocycles. The van der Waals surface area contributed by atoms with Crippen molar-refractivity contribution in [1.82, 2.24) is 10.6 Å². The van der Waals surface area contributed by atoms with E-state index in [2.05, 4.69) is 60.5 Å². The summed E-state index contributed by atoms with van der Waals surface area (Å²) in [6.07, 6.45) is 0. The summed E-state index contributed by atoms with van der Waals surface area (Å²) in [6.45, 7) is 8.63. The lowest BCUT2D eigenvalue weighted by Crippen LogP contribution is -2.38. The van der Waals surface area contributed by atoms with Crippen molar-refractivity contribution in [2.24, 2.45) is 0 Å². The Labute approximate surface area is 138 Å². The van der Waals surface area contributed by atoms with E-state index < -0.39 is 0 Å². The number of nitrogens with one attached hydrogen (secondary N) is 2. The van der Waals surface area contributed by atoms with Crippen molar-refractivity contribution in [3.05, 3.63) is 83.4 Å². The SMILES string of the molecule is C=C(C)CNC(=S)N[C@H](c1ccccc1)c1ccc(C)cc1. The van der Waals surface area contributed by atoms with Gasteiger partial charge in [-0.2, -0.15) is 0 Å². The highest BCUT2D eigenvalue weighted by molar-refractivity contribution is 7.80. The van der Waals surface area contributed by atoms with Crippen LogP contribution in [0.5, 0.6) is 0 Å². The molecule has 0 aliphatic carbocycles. The van der Waals surface area contributed by atoms with Gasteiger partial charge < -0.3 is 10.6 Å². The van der Waals surface area contributed by atoms with Crippen LogP contribution in [0.25, 0.3) is 0 Å². The minimum absolute atomic E-state index is 0.0342. The second-order valence-corrected chi connectivity index (χ2v) is 5.95. The van der Waals surface area contributed by atoms with Crippen LogP contribution >= 0.6 is 12.2 Å². The summed E-state index contributed by atoms with van der Waals surface area (Å²) in [5.74, 6) is 0. The molecule has 0 aromatic heterocycles. The largest absolute Gasteiger partial charge is 0.359 e. The Morgan fingerprint density at radius 2 is 1.64 bits per heavy atom. The third-order valence-corrected chi connectivity index (χ3v) is 3.63. The van der Waals surface area contributed by atoms with Crippen LogP contribution in [0.4, 0.5) is 0 Å². The molecule has 0 bridgehead atoms. The molecule has 0 saturated heterocycles. The van der Waals surface area contributed by atoms with E-state index >= 15 is 0 Å². The van der Waals surface area contributed by atoms with Gasteiger partial charge >= 0.3 is 0 Å². The lowest BCUT2D eigenvalue weighted by Gasteiger charge is -2.22. The van der Waals surface area contributed by atoms with Gasteiger partial charge in [-0.15, -0.1) is 0 Å². The van der Waals surface area contributed by atoms with Crippen molar-refractivity contribution < 1.29 is 0 Å². The average molecular weight is 310 g/mol. The molecule has 0 aliphatic rings. The average Bonchev–Trinajstić information content (AvgIpc) is 2.52. The molecular formula is C19H22N2S. The first-order valence-corrected chi connectivity index (χ1v) is 7.77. The molecule has 0 amide bonds. The number of benzene rings is 2. The number of rotatable bonds is 5. The van der Waals surface area contributed by atoms with Crippen LogP contribution in [-0.4, -0.2) is 11.7 Å². The van der Waals surface area contributed by atoms with Crippen molar-refractivity contribution in [2.45, 2.75) is 19.9 Å². The Kier molecular flexibility index (Phi) is 5.73. The Balaban J connectivity index is 2.21. The van der Waals surface area contributed by atoms with Gasteiger partial charge in [0.15, 0.2) is 5.11 Å². The van der Waals surface area contributed by atoms with E-state index in [1.807, 2.05) is 25.1 Å². The summed E-state index contributed by atoms with van der Waals surface area (Å²) in [4.78, 5) is 0. The highest BCUT2D eigenvalue weighted by Gasteiger charge is 2.14. The quantitative estimate of drug-likeness (QED) is 0.641. The highest BCUT2D eigenvalue weighted by atomic mass is 32.1. The smallest absolute Gasteiger partial charge is 0.167 e. The first-order valence-electron chi connectivity index (χ1n) is 7.36. The Morgan fingerprint density at radius 1 is 1.05 bits per heavy atom. The van der Waals surface area contributed by atoms with E-state index in [1.165, 1.54) is 16.7 Å². The molecule has 2 nitrogen and oxygen atoms in total. The molecule has 0 unspecified atom stereocenters. The van der Waals surface area contributed by atoms with Crippen LogP contribution in [0.15, 0.2) is 66.7 Å². The molecule has 1 atom stereocenters. The zero-order chi connectivity index (χ0) is 15.9. The topological polar surface area (TPSA) is 24.1 Å². The molecule has 0 aliphatic heterocycles. The van der Waals surface area contributed by atoms with Gasteiger partial charge in [-0.3, -0.25) is 0 Å². The molecule has 0 saturated carbocycles. The molecule has 3 heteroatoms. The van der Waals surface area contributed by atoms with E-state index in [0.29, 0.717) is 11.7 Å². The third-order valence-electron chi connectivity index (χ3n) is 3.37. The molecule has 2 aromatic rings. The van der Waals surface area contributed by atoms with E-state index in [-0.39, 0.29) is 6.04 Å². The van der Waals surface area contributed by atoms with Gasteiger partial charge in [0.25, 0.3) is 0 Å². The number of aryl methyl sites for hydroxylation is 1. The van der Waals surface area contributed by atoms with Crippen LogP contribution in [-0.2, 0) is 0 Å². The summed E-state index contributed by atoms with van der Waals surface area (Å²) in [6, 6.07) is 18.9. The van der Waals surface area contributed by atoms with E-state index in [1.54, 1.807) is 0 Å². The highest BCUT2D eigenvalue weighted by Crippen LogP contribution is 2.22. The van der Waals surface area contributed by atoms with E-state index in [0.717, 1.165) is 5.57 Å². The van der Waals surface area contributed by atoms with Crippen molar-refractivity contribution >= 4 is 17.3 Å². The summed E-state index contributed by atoms with van der Waals surface area (Å²) in [7, 11) is 0. The predicted octanol–water partition coefficient (Wildman–Crippen LogP) is 4.12. The minimum Gasteiger partial charge on any atom is -0.359 e. The molecule has 0 spiro atoms. The second kappa shape index (κ2) is 7.76. The first-order chi connectivity index (χ1) is 10.6. The summed E-state index contributed by atoms with van der Waals surface area (Å²) in [5.41, 5.74) is 4.68. The van der Waals surface area contributed by atoms with Crippen LogP contribution < -0.4 is 10.6 Å². The van der Waals surface area contributed by atoms with Gasteiger partial charge in [0.1, 0.15) is 0 Å². The van der Waals surface area contributed by atoms with E-state index in [4.69, 9.17) is 12.2 Å². The van der Waals surface area contributed by atoms with Gasteiger partial charge in [0, 0.05) is 6.54 Å². The molecule has 22 heavy (non-hydrogen) atoms. The maximum absolute atomic E-state index is 5.41. The first kappa shape index (κ1) is 16.2.